The van der Waals surface area contributed by atoms with E-state index in [2.05, 4.69) is 9.46 Å². The highest BCUT2D eigenvalue weighted by Crippen LogP contribution is 2.13. The molecule has 118 valence electrons. The second-order valence-electron chi connectivity index (χ2n) is 4.43. The van der Waals surface area contributed by atoms with Crippen molar-refractivity contribution < 1.29 is 23.1 Å². The third kappa shape index (κ3) is 5.70. The number of carbonyl (C=O) groups is 1. The Labute approximate surface area is 124 Å². The number of carbonyl (C=O) groups excluding carboxylic acids is 1. The van der Waals surface area contributed by atoms with Crippen molar-refractivity contribution in [3.8, 4) is 0 Å². The highest BCUT2D eigenvalue weighted by molar-refractivity contribution is 7.90. The lowest BCUT2D eigenvalue weighted by Gasteiger charge is -2.17. The molecule has 0 amide bonds. The number of nitrogens with one attached hydrogen (secondary N) is 1. The van der Waals surface area contributed by atoms with Crippen LogP contribution in [0.5, 0.6) is 0 Å². The topological polar surface area (TPSA) is 95.9 Å². The molecule has 0 saturated carbocycles. The molecule has 0 aliphatic carbocycles. The Morgan fingerprint density at radius 3 is 2.48 bits per heavy atom. The van der Waals surface area contributed by atoms with Gasteiger partial charge >= 0.3 is 16.2 Å². The summed E-state index contributed by atoms with van der Waals surface area (Å²) in [6, 6.07) is 6.72. The zero-order valence-electron chi connectivity index (χ0n) is 12.1. The number of aliphatic hydroxyl groups is 1. The first kappa shape index (κ1) is 17.4. The Hall–Kier alpha value is -1.64. The first-order chi connectivity index (χ1) is 9.89. The summed E-state index contributed by atoms with van der Waals surface area (Å²) in [7, 11) is -1.08. The van der Waals surface area contributed by atoms with Gasteiger partial charge in [-0.05, 0) is 24.1 Å². The van der Waals surface area contributed by atoms with E-state index in [1.54, 1.807) is 24.3 Å². The molecule has 0 aliphatic heterocycles. The van der Waals surface area contributed by atoms with Crippen molar-refractivity contribution >= 4 is 21.9 Å². The zero-order valence-corrected chi connectivity index (χ0v) is 12.9. The van der Waals surface area contributed by atoms with E-state index in [-0.39, 0.29) is 19.6 Å². The summed E-state index contributed by atoms with van der Waals surface area (Å²) in [4.78, 5) is 11.0. The number of hydrogen-bond acceptors (Lipinski definition) is 5. The molecule has 0 unspecified atom stereocenters. The number of anilines is 1. The standard InChI is InChI=1S/C13H20N2O5S/c1-15(9-7-13(17)20-2)21(18,19)14-12-5-3-11(4-6-12)8-10-16/h3-6,14,16H,7-10H2,1-2H3. The molecule has 8 heteroatoms. The van der Waals surface area contributed by atoms with Gasteiger partial charge in [-0.25, -0.2) is 0 Å². The molecule has 1 aromatic rings. The lowest BCUT2D eigenvalue weighted by Crippen LogP contribution is -2.34. The van der Waals surface area contributed by atoms with Gasteiger partial charge in [-0.3, -0.25) is 9.52 Å². The van der Waals surface area contributed by atoms with Gasteiger partial charge < -0.3 is 9.84 Å². The molecule has 1 aromatic carbocycles. The van der Waals surface area contributed by atoms with Crippen LogP contribution in [0.1, 0.15) is 12.0 Å². The van der Waals surface area contributed by atoms with Crippen LogP contribution < -0.4 is 4.72 Å². The first-order valence-corrected chi connectivity index (χ1v) is 7.83. The number of benzene rings is 1. The van der Waals surface area contributed by atoms with Crippen molar-refractivity contribution in [2.75, 3.05) is 32.0 Å². The summed E-state index contributed by atoms with van der Waals surface area (Å²) in [6.07, 6.45) is 0.509. The molecule has 1 rings (SSSR count). The molecular formula is C13H20N2O5S. The summed E-state index contributed by atoms with van der Waals surface area (Å²) < 4.78 is 32.0. The summed E-state index contributed by atoms with van der Waals surface area (Å²) in [5.41, 5.74) is 1.33. The Kier molecular flexibility index (Phi) is 6.60. The van der Waals surface area contributed by atoms with Crippen LogP contribution in [0.2, 0.25) is 0 Å². The van der Waals surface area contributed by atoms with Crippen molar-refractivity contribution in [2.24, 2.45) is 0 Å². The maximum Gasteiger partial charge on any atom is 0.306 e. The normalized spacial score (nSPS) is 11.4. The minimum Gasteiger partial charge on any atom is -0.469 e. The molecule has 7 nitrogen and oxygen atoms in total. The molecular weight excluding hydrogens is 296 g/mol. The van der Waals surface area contributed by atoms with E-state index in [1.165, 1.54) is 14.2 Å². The van der Waals surface area contributed by atoms with Gasteiger partial charge in [0.05, 0.1) is 13.5 Å². The molecule has 0 fully saturated rings. The zero-order chi connectivity index (χ0) is 15.9. The number of aliphatic hydroxyl groups excluding tert-OH is 1. The number of nitrogens with zero attached hydrogens (tertiary/aromatic N) is 1. The molecule has 0 aromatic heterocycles. The fourth-order valence-corrected chi connectivity index (χ4v) is 2.49. The Morgan fingerprint density at radius 2 is 1.95 bits per heavy atom. The van der Waals surface area contributed by atoms with Gasteiger partial charge in [0, 0.05) is 25.9 Å². The number of ether oxygens (including phenoxy) is 1. The predicted molar refractivity (Wildman–Crippen MR) is 79.0 cm³/mol. The monoisotopic (exact) mass is 316 g/mol. The Bertz CT molecular complexity index is 556. The van der Waals surface area contributed by atoms with Crippen LogP contribution in [0.4, 0.5) is 5.69 Å². The van der Waals surface area contributed by atoms with Gasteiger partial charge in [-0.15, -0.1) is 0 Å². The molecule has 0 heterocycles. The number of esters is 1. The minimum atomic E-state index is -3.72. The number of methoxy groups -OCH3 is 1. The lowest BCUT2D eigenvalue weighted by atomic mass is 10.1. The molecule has 0 bridgehead atoms. The van der Waals surface area contributed by atoms with Gasteiger partial charge in [0.2, 0.25) is 0 Å². The second kappa shape index (κ2) is 7.96. The number of hydrogen-bond donors (Lipinski definition) is 2. The molecule has 0 aliphatic rings. The SMILES string of the molecule is COC(=O)CCN(C)S(=O)(=O)Nc1ccc(CCO)cc1. The third-order valence-electron chi connectivity index (χ3n) is 2.87. The average molecular weight is 316 g/mol. The lowest BCUT2D eigenvalue weighted by molar-refractivity contribution is -0.140. The van der Waals surface area contributed by atoms with Gasteiger partial charge in [0.1, 0.15) is 0 Å². The van der Waals surface area contributed by atoms with E-state index in [9.17, 15) is 13.2 Å². The summed E-state index contributed by atoms with van der Waals surface area (Å²) in [5.74, 6) is -0.467. The van der Waals surface area contributed by atoms with E-state index in [4.69, 9.17) is 5.11 Å². The van der Waals surface area contributed by atoms with Crippen LogP contribution in [0.3, 0.4) is 0 Å². The predicted octanol–water partition coefficient (Wildman–Crippen LogP) is 0.373. The van der Waals surface area contributed by atoms with Gasteiger partial charge in [-0.1, -0.05) is 12.1 Å². The molecule has 2 N–H and O–H groups in total. The van der Waals surface area contributed by atoms with Crippen molar-refractivity contribution in [3.05, 3.63) is 29.8 Å². The van der Waals surface area contributed by atoms with E-state index >= 15 is 0 Å². The quantitative estimate of drug-likeness (QED) is 0.676. The highest BCUT2D eigenvalue weighted by Gasteiger charge is 2.18. The van der Waals surface area contributed by atoms with E-state index in [0.717, 1.165) is 9.87 Å². The van der Waals surface area contributed by atoms with Crippen LogP contribution in [0, 0.1) is 0 Å². The van der Waals surface area contributed by atoms with Crippen molar-refractivity contribution in [1.82, 2.24) is 4.31 Å². The highest BCUT2D eigenvalue weighted by atomic mass is 32.2. The van der Waals surface area contributed by atoms with E-state index in [1.807, 2.05) is 0 Å². The largest absolute Gasteiger partial charge is 0.469 e. The van der Waals surface area contributed by atoms with Crippen molar-refractivity contribution in [1.29, 1.82) is 0 Å². The van der Waals surface area contributed by atoms with Crippen LogP contribution in [0.15, 0.2) is 24.3 Å². The Morgan fingerprint density at radius 1 is 1.33 bits per heavy atom. The molecule has 0 radical (unpaired) electrons. The first-order valence-electron chi connectivity index (χ1n) is 6.39. The summed E-state index contributed by atoms with van der Waals surface area (Å²) in [5, 5.41) is 8.82. The van der Waals surface area contributed by atoms with Gasteiger partial charge in [0.25, 0.3) is 0 Å². The maximum atomic E-state index is 12.0. The van der Waals surface area contributed by atoms with Crippen LogP contribution in [-0.4, -0.2) is 51.1 Å². The molecule has 0 spiro atoms. The van der Waals surface area contributed by atoms with Crippen molar-refractivity contribution in [2.45, 2.75) is 12.8 Å². The Balaban J connectivity index is 2.64. The van der Waals surface area contributed by atoms with Crippen LogP contribution >= 0.6 is 0 Å². The van der Waals surface area contributed by atoms with E-state index < -0.39 is 16.2 Å². The van der Waals surface area contributed by atoms with Gasteiger partial charge in [-0.2, -0.15) is 12.7 Å². The maximum absolute atomic E-state index is 12.0. The fourth-order valence-electron chi connectivity index (χ4n) is 1.57. The van der Waals surface area contributed by atoms with E-state index in [0.29, 0.717) is 12.1 Å². The van der Waals surface area contributed by atoms with Gasteiger partial charge in [0.15, 0.2) is 0 Å². The number of rotatable bonds is 8. The smallest absolute Gasteiger partial charge is 0.306 e. The molecule has 21 heavy (non-hydrogen) atoms. The molecule has 0 atom stereocenters. The average Bonchev–Trinajstić information content (AvgIpc) is 2.46. The summed E-state index contributed by atoms with van der Waals surface area (Å²) >= 11 is 0. The fraction of sp³-hybridized carbons (Fsp3) is 0.462. The summed E-state index contributed by atoms with van der Waals surface area (Å²) in [6.45, 7) is 0.0753. The third-order valence-corrected chi connectivity index (χ3v) is 4.37. The van der Waals surface area contributed by atoms with Crippen LogP contribution in [-0.2, 0) is 26.2 Å². The van der Waals surface area contributed by atoms with Crippen LogP contribution in [0.25, 0.3) is 0 Å². The van der Waals surface area contributed by atoms with Crippen molar-refractivity contribution in [3.63, 3.8) is 0 Å². The minimum absolute atomic E-state index is 0.0106. The molecule has 0 saturated heterocycles. The second-order valence-corrected chi connectivity index (χ2v) is 6.20.